The van der Waals surface area contributed by atoms with Crippen molar-refractivity contribution < 1.29 is 9.21 Å². The Morgan fingerprint density at radius 3 is 2.97 bits per heavy atom. The third kappa shape index (κ3) is 2.46. The van der Waals surface area contributed by atoms with Gasteiger partial charge in [0.2, 0.25) is 0 Å². The molecule has 0 saturated carbocycles. The van der Waals surface area contributed by atoms with Crippen LogP contribution in [0.1, 0.15) is 33.8 Å². The topological polar surface area (TPSA) is 92.3 Å². The van der Waals surface area contributed by atoms with Crippen molar-refractivity contribution in [2.75, 3.05) is 6.54 Å². The molecule has 0 radical (unpaired) electrons. The lowest BCUT2D eigenvalue weighted by molar-refractivity contribution is 0.0648. The lowest BCUT2D eigenvalue weighted by Gasteiger charge is -2.32. The van der Waals surface area contributed by atoms with Crippen molar-refractivity contribution in [1.82, 2.24) is 29.5 Å². The van der Waals surface area contributed by atoms with Crippen molar-refractivity contribution in [2.24, 2.45) is 0 Å². The van der Waals surface area contributed by atoms with E-state index in [-0.39, 0.29) is 11.8 Å². The molecule has 5 aromatic rings. The zero-order valence-electron chi connectivity index (χ0n) is 15.3. The van der Waals surface area contributed by atoms with Gasteiger partial charge in [0.25, 0.3) is 5.89 Å². The second-order valence-corrected chi connectivity index (χ2v) is 7.04. The number of para-hydroxylation sites is 2. The van der Waals surface area contributed by atoms with E-state index in [0.29, 0.717) is 24.1 Å². The van der Waals surface area contributed by atoms with E-state index < -0.39 is 6.04 Å². The van der Waals surface area contributed by atoms with Gasteiger partial charge >= 0.3 is 5.91 Å². The SMILES string of the molecule is O=C(c1nc2ccccc2o1)N1CCc2[nH]cnc2C1c1cc2ccccn2n1. The minimum Gasteiger partial charge on any atom is -0.432 e. The average Bonchev–Trinajstić information content (AvgIpc) is 3.49. The van der Waals surface area contributed by atoms with Crippen LogP contribution in [0.5, 0.6) is 0 Å². The summed E-state index contributed by atoms with van der Waals surface area (Å²) in [5.74, 6) is -0.184. The number of carbonyl (C=O) groups excluding carboxylic acids is 1. The fraction of sp³-hybridized carbons (Fsp3) is 0.143. The maximum atomic E-state index is 13.4. The van der Waals surface area contributed by atoms with Crippen LogP contribution in [0.4, 0.5) is 0 Å². The summed E-state index contributed by atoms with van der Waals surface area (Å²) in [5.41, 5.74) is 4.81. The summed E-state index contributed by atoms with van der Waals surface area (Å²) < 4.78 is 7.54. The van der Waals surface area contributed by atoms with Crippen molar-refractivity contribution in [3.8, 4) is 0 Å². The number of oxazole rings is 1. The van der Waals surface area contributed by atoms with Crippen molar-refractivity contribution >= 4 is 22.5 Å². The fourth-order valence-electron chi connectivity index (χ4n) is 3.97. The molecule has 5 heterocycles. The number of carbonyl (C=O) groups is 1. The predicted octanol–water partition coefficient (Wildman–Crippen LogP) is 2.99. The molecule has 1 atom stereocenters. The van der Waals surface area contributed by atoms with E-state index in [1.807, 2.05) is 48.7 Å². The van der Waals surface area contributed by atoms with E-state index in [0.717, 1.165) is 22.6 Å². The van der Waals surface area contributed by atoms with E-state index in [1.54, 1.807) is 21.8 Å². The van der Waals surface area contributed by atoms with Gasteiger partial charge in [0.15, 0.2) is 5.58 Å². The van der Waals surface area contributed by atoms with Gasteiger partial charge in [-0.3, -0.25) is 4.79 Å². The molecule has 0 spiro atoms. The fourth-order valence-corrected chi connectivity index (χ4v) is 3.97. The number of fused-ring (bicyclic) bond motifs is 3. The molecular weight excluding hydrogens is 368 g/mol. The van der Waals surface area contributed by atoms with E-state index in [9.17, 15) is 4.79 Å². The Balaban J connectivity index is 1.47. The molecule has 1 amide bonds. The Bertz CT molecular complexity index is 1300. The highest BCUT2D eigenvalue weighted by molar-refractivity contribution is 5.93. The Hall–Kier alpha value is -3.94. The van der Waals surface area contributed by atoms with Gasteiger partial charge in [-0.15, -0.1) is 0 Å². The summed E-state index contributed by atoms with van der Waals surface area (Å²) in [6.07, 6.45) is 4.24. The monoisotopic (exact) mass is 384 g/mol. The van der Waals surface area contributed by atoms with Crippen LogP contribution in [0.3, 0.4) is 0 Å². The number of benzene rings is 1. The first kappa shape index (κ1) is 16.1. The van der Waals surface area contributed by atoms with Gasteiger partial charge < -0.3 is 14.3 Å². The number of nitrogens with one attached hydrogen (secondary N) is 1. The number of rotatable bonds is 2. The summed E-state index contributed by atoms with van der Waals surface area (Å²) in [6.45, 7) is 0.519. The highest BCUT2D eigenvalue weighted by Gasteiger charge is 2.37. The molecule has 1 aliphatic rings. The quantitative estimate of drug-likeness (QED) is 0.505. The van der Waals surface area contributed by atoms with E-state index in [1.165, 1.54) is 0 Å². The molecule has 1 unspecified atom stereocenters. The van der Waals surface area contributed by atoms with Crippen LogP contribution in [-0.4, -0.2) is 41.9 Å². The molecule has 0 bridgehead atoms. The van der Waals surface area contributed by atoms with E-state index in [2.05, 4.69) is 15.0 Å². The van der Waals surface area contributed by atoms with Gasteiger partial charge in [-0.25, -0.2) is 14.5 Å². The molecule has 1 aliphatic heterocycles. The molecule has 8 heteroatoms. The zero-order valence-corrected chi connectivity index (χ0v) is 15.3. The number of nitrogens with zero attached hydrogens (tertiary/aromatic N) is 5. The number of imidazole rings is 1. The molecule has 142 valence electrons. The molecule has 4 aromatic heterocycles. The van der Waals surface area contributed by atoms with Gasteiger partial charge in [0.05, 0.1) is 23.2 Å². The first-order chi connectivity index (χ1) is 14.3. The largest absolute Gasteiger partial charge is 0.432 e. The number of H-pyrrole nitrogens is 1. The molecule has 29 heavy (non-hydrogen) atoms. The first-order valence-corrected chi connectivity index (χ1v) is 9.41. The Morgan fingerprint density at radius 2 is 2.07 bits per heavy atom. The number of amides is 1. The number of pyridine rings is 1. The molecule has 1 N–H and O–H groups in total. The van der Waals surface area contributed by atoms with Crippen molar-refractivity contribution in [2.45, 2.75) is 12.5 Å². The third-order valence-corrected chi connectivity index (χ3v) is 5.33. The molecule has 0 saturated heterocycles. The van der Waals surface area contributed by atoms with Crippen LogP contribution in [0, 0.1) is 0 Å². The first-order valence-electron chi connectivity index (χ1n) is 9.41. The second-order valence-electron chi connectivity index (χ2n) is 7.04. The van der Waals surface area contributed by atoms with Crippen LogP contribution in [0.25, 0.3) is 16.6 Å². The highest BCUT2D eigenvalue weighted by Crippen LogP contribution is 2.34. The Kier molecular flexibility index (Phi) is 3.34. The summed E-state index contributed by atoms with van der Waals surface area (Å²) >= 11 is 0. The molecule has 8 nitrogen and oxygen atoms in total. The van der Waals surface area contributed by atoms with E-state index >= 15 is 0 Å². The van der Waals surface area contributed by atoms with Crippen LogP contribution in [0.2, 0.25) is 0 Å². The smallest absolute Gasteiger partial charge is 0.310 e. The van der Waals surface area contributed by atoms with Crippen LogP contribution in [-0.2, 0) is 6.42 Å². The maximum Gasteiger partial charge on any atom is 0.310 e. The maximum absolute atomic E-state index is 13.4. The average molecular weight is 384 g/mol. The van der Waals surface area contributed by atoms with Gasteiger partial charge in [-0.05, 0) is 30.3 Å². The van der Waals surface area contributed by atoms with Crippen LogP contribution >= 0.6 is 0 Å². The zero-order chi connectivity index (χ0) is 19.4. The molecule has 0 aliphatic carbocycles. The Morgan fingerprint density at radius 1 is 1.17 bits per heavy atom. The lowest BCUT2D eigenvalue weighted by atomic mass is 9.99. The van der Waals surface area contributed by atoms with Crippen molar-refractivity contribution in [1.29, 1.82) is 0 Å². The summed E-state index contributed by atoms with van der Waals surface area (Å²) in [4.78, 5) is 27.2. The molecule has 1 aromatic carbocycles. The van der Waals surface area contributed by atoms with Gasteiger partial charge in [0, 0.05) is 24.9 Å². The number of hydrogen-bond acceptors (Lipinski definition) is 5. The van der Waals surface area contributed by atoms with Crippen molar-refractivity contribution in [3.05, 3.63) is 84.0 Å². The number of aromatic amines is 1. The highest BCUT2D eigenvalue weighted by atomic mass is 16.4. The lowest BCUT2D eigenvalue weighted by Crippen LogP contribution is -2.41. The number of hydrogen-bond donors (Lipinski definition) is 1. The minimum atomic E-state index is -0.410. The van der Waals surface area contributed by atoms with Gasteiger partial charge in [-0.1, -0.05) is 18.2 Å². The third-order valence-electron chi connectivity index (χ3n) is 5.33. The van der Waals surface area contributed by atoms with Crippen LogP contribution < -0.4 is 0 Å². The second kappa shape index (κ2) is 6.03. The van der Waals surface area contributed by atoms with Crippen molar-refractivity contribution in [3.63, 3.8) is 0 Å². The summed E-state index contributed by atoms with van der Waals surface area (Å²) in [6, 6.07) is 14.8. The molecule has 6 rings (SSSR count). The van der Waals surface area contributed by atoms with Crippen LogP contribution in [0.15, 0.2) is 65.5 Å². The number of aromatic nitrogens is 5. The normalized spacial score (nSPS) is 16.4. The van der Waals surface area contributed by atoms with Gasteiger partial charge in [0.1, 0.15) is 11.6 Å². The molecular formula is C21H16N6O2. The molecule has 0 fully saturated rings. The summed E-state index contributed by atoms with van der Waals surface area (Å²) in [5, 5.41) is 4.70. The van der Waals surface area contributed by atoms with Gasteiger partial charge in [-0.2, -0.15) is 5.10 Å². The standard InChI is InChI=1S/C21H16N6O2/c28-21(20-24-14-6-1-2-7-17(14)29-20)26-10-8-15-18(23-12-22-15)19(26)16-11-13-5-3-4-9-27(13)25-16/h1-7,9,11-12,19H,8,10H2,(H,22,23). The minimum absolute atomic E-state index is 0.0824. The predicted molar refractivity (Wildman–Crippen MR) is 104 cm³/mol. The Labute approximate surface area is 164 Å². The van der Waals surface area contributed by atoms with E-state index in [4.69, 9.17) is 9.52 Å². The summed E-state index contributed by atoms with van der Waals surface area (Å²) in [7, 11) is 0.